The van der Waals surface area contributed by atoms with Gasteiger partial charge in [0.1, 0.15) is 23.0 Å². The number of anilines is 1. The number of rotatable bonds is 9. The molecule has 1 aliphatic rings. The monoisotopic (exact) mass is 535 g/mol. The van der Waals surface area contributed by atoms with Crippen molar-refractivity contribution in [2.75, 3.05) is 18.1 Å². The Balaban J connectivity index is 1.89. The van der Waals surface area contributed by atoms with Crippen LogP contribution in [-0.4, -0.2) is 36.1 Å². The second-order valence-corrected chi connectivity index (χ2v) is 9.32. The first-order valence-corrected chi connectivity index (χ1v) is 12.9. The second kappa shape index (κ2) is 11.6. The molecule has 38 heavy (non-hydrogen) atoms. The Labute approximate surface area is 227 Å². The van der Waals surface area contributed by atoms with Gasteiger partial charge in [0.15, 0.2) is 0 Å². The lowest BCUT2D eigenvalue weighted by molar-refractivity contribution is -0.132. The van der Waals surface area contributed by atoms with Crippen molar-refractivity contribution < 1.29 is 28.9 Å². The molecule has 1 saturated heterocycles. The van der Waals surface area contributed by atoms with Crippen LogP contribution in [0.2, 0.25) is 5.02 Å². The number of hydrogen-bond acceptors (Lipinski definition) is 6. The summed E-state index contributed by atoms with van der Waals surface area (Å²) in [6, 6.07) is 17.9. The van der Waals surface area contributed by atoms with Gasteiger partial charge in [-0.3, -0.25) is 14.5 Å². The number of ketones is 1. The molecule has 3 aromatic rings. The van der Waals surface area contributed by atoms with Crippen molar-refractivity contribution in [1.29, 1.82) is 0 Å². The Kier molecular flexibility index (Phi) is 8.27. The van der Waals surface area contributed by atoms with Gasteiger partial charge < -0.3 is 19.3 Å². The van der Waals surface area contributed by atoms with Gasteiger partial charge in [0.05, 0.1) is 36.0 Å². The minimum absolute atomic E-state index is 0.0165. The minimum Gasteiger partial charge on any atom is -0.507 e. The highest BCUT2D eigenvalue weighted by molar-refractivity contribution is 6.51. The molecule has 1 fully saturated rings. The summed E-state index contributed by atoms with van der Waals surface area (Å²) < 4.78 is 17.0. The number of ether oxygens (including phenoxy) is 3. The van der Waals surface area contributed by atoms with E-state index in [-0.39, 0.29) is 17.4 Å². The maximum absolute atomic E-state index is 13.5. The van der Waals surface area contributed by atoms with Gasteiger partial charge in [-0.15, -0.1) is 0 Å². The lowest BCUT2D eigenvalue weighted by Crippen LogP contribution is -2.29. The zero-order valence-corrected chi connectivity index (χ0v) is 22.5. The van der Waals surface area contributed by atoms with Gasteiger partial charge in [-0.05, 0) is 75.7 Å². The maximum Gasteiger partial charge on any atom is 0.300 e. The molecular formula is C30H30ClNO6. The van der Waals surface area contributed by atoms with E-state index in [1.54, 1.807) is 66.7 Å². The number of carbonyl (C=O) groups excluding carboxylic acids is 2. The van der Waals surface area contributed by atoms with E-state index in [1.165, 1.54) is 4.90 Å². The van der Waals surface area contributed by atoms with Crippen LogP contribution in [0.3, 0.4) is 0 Å². The van der Waals surface area contributed by atoms with Crippen LogP contribution in [-0.2, 0) is 9.59 Å². The van der Waals surface area contributed by atoms with E-state index in [1.807, 2.05) is 27.7 Å². The van der Waals surface area contributed by atoms with Gasteiger partial charge >= 0.3 is 0 Å². The average molecular weight is 536 g/mol. The fourth-order valence-electron chi connectivity index (χ4n) is 4.38. The summed E-state index contributed by atoms with van der Waals surface area (Å²) in [5, 5.41) is 11.8. The first-order chi connectivity index (χ1) is 18.2. The number of Topliss-reactive ketones (excluding diaryl/α,β-unsaturated/α-hetero) is 1. The van der Waals surface area contributed by atoms with Crippen LogP contribution < -0.4 is 19.1 Å². The van der Waals surface area contributed by atoms with Crippen LogP contribution in [0.25, 0.3) is 5.76 Å². The molecule has 1 aliphatic heterocycles. The molecule has 1 atom stereocenters. The zero-order chi connectivity index (χ0) is 27.4. The third-order valence-corrected chi connectivity index (χ3v) is 6.24. The van der Waals surface area contributed by atoms with Crippen molar-refractivity contribution in [1.82, 2.24) is 0 Å². The summed E-state index contributed by atoms with van der Waals surface area (Å²) in [6.45, 7) is 8.35. The molecule has 1 unspecified atom stereocenters. The quantitative estimate of drug-likeness (QED) is 0.190. The molecule has 1 amide bonds. The largest absolute Gasteiger partial charge is 0.507 e. The van der Waals surface area contributed by atoms with Crippen molar-refractivity contribution in [3.05, 3.63) is 88.5 Å². The molecule has 3 aromatic carbocycles. The van der Waals surface area contributed by atoms with Crippen molar-refractivity contribution >= 4 is 34.7 Å². The molecule has 0 aliphatic carbocycles. The lowest BCUT2D eigenvalue weighted by Gasteiger charge is -2.26. The van der Waals surface area contributed by atoms with Gasteiger partial charge in [-0.25, -0.2) is 0 Å². The van der Waals surface area contributed by atoms with E-state index in [0.717, 1.165) is 0 Å². The number of carbonyl (C=O) groups is 2. The molecule has 198 valence electrons. The van der Waals surface area contributed by atoms with Crippen LogP contribution in [0.15, 0.2) is 72.3 Å². The van der Waals surface area contributed by atoms with Gasteiger partial charge in [0.25, 0.3) is 11.7 Å². The topological polar surface area (TPSA) is 85.3 Å². The van der Waals surface area contributed by atoms with Crippen molar-refractivity contribution in [3.63, 3.8) is 0 Å². The number of aliphatic hydroxyl groups excluding tert-OH is 1. The smallest absolute Gasteiger partial charge is 0.300 e. The molecule has 0 spiro atoms. The van der Waals surface area contributed by atoms with Gasteiger partial charge in [-0.2, -0.15) is 0 Å². The highest BCUT2D eigenvalue weighted by Gasteiger charge is 2.47. The summed E-state index contributed by atoms with van der Waals surface area (Å²) in [5.41, 5.74) is 1.36. The Bertz CT molecular complexity index is 1370. The Morgan fingerprint density at radius 1 is 0.947 bits per heavy atom. The summed E-state index contributed by atoms with van der Waals surface area (Å²) in [5.74, 6) is -0.305. The number of aliphatic hydroxyl groups is 1. The molecule has 0 aromatic heterocycles. The maximum atomic E-state index is 13.5. The van der Waals surface area contributed by atoms with E-state index >= 15 is 0 Å². The summed E-state index contributed by atoms with van der Waals surface area (Å²) in [4.78, 5) is 28.3. The van der Waals surface area contributed by atoms with E-state index < -0.39 is 17.7 Å². The average Bonchev–Trinajstić information content (AvgIpc) is 3.16. The number of amides is 1. The highest BCUT2D eigenvalue weighted by Crippen LogP contribution is 2.43. The molecular weight excluding hydrogens is 506 g/mol. The van der Waals surface area contributed by atoms with E-state index in [2.05, 4.69) is 0 Å². The standard InChI is InChI=1S/C30H30ClNO6/c1-5-36-23-9-7-8-21(17-23)32-27(19-10-13-22(14-11-19)38-18(3)4)26(29(34)30(32)35)28(33)20-12-15-24(31)25(16-20)37-6-2/h7-18,27,33H,5-6H2,1-4H3/b28-26+. The van der Waals surface area contributed by atoms with Gasteiger partial charge in [0.2, 0.25) is 0 Å². The number of hydrogen-bond donors (Lipinski definition) is 1. The fraction of sp³-hybridized carbons (Fsp3) is 0.267. The normalized spacial score (nSPS) is 16.7. The number of halogens is 1. The van der Waals surface area contributed by atoms with E-state index in [0.29, 0.717) is 52.3 Å². The lowest BCUT2D eigenvalue weighted by atomic mass is 9.95. The van der Waals surface area contributed by atoms with E-state index in [9.17, 15) is 14.7 Å². The molecule has 4 rings (SSSR count). The number of benzene rings is 3. The molecule has 8 heteroatoms. The SMILES string of the molecule is CCOc1cccc(N2C(=O)C(=O)/C(=C(/O)c3ccc(Cl)c(OCC)c3)C2c2ccc(OC(C)C)cc2)c1. The first kappa shape index (κ1) is 27.1. The minimum atomic E-state index is -0.897. The van der Waals surface area contributed by atoms with Crippen LogP contribution in [0.5, 0.6) is 17.2 Å². The molecule has 0 bridgehead atoms. The highest BCUT2D eigenvalue weighted by atomic mass is 35.5. The molecule has 0 saturated carbocycles. The third-order valence-electron chi connectivity index (χ3n) is 5.92. The van der Waals surface area contributed by atoms with Crippen molar-refractivity contribution in [2.24, 2.45) is 0 Å². The summed E-state index contributed by atoms with van der Waals surface area (Å²) in [7, 11) is 0. The summed E-state index contributed by atoms with van der Waals surface area (Å²) >= 11 is 6.23. The Morgan fingerprint density at radius 2 is 1.66 bits per heavy atom. The van der Waals surface area contributed by atoms with Crippen LogP contribution in [0, 0.1) is 0 Å². The Morgan fingerprint density at radius 3 is 2.32 bits per heavy atom. The first-order valence-electron chi connectivity index (χ1n) is 12.5. The predicted octanol–water partition coefficient (Wildman–Crippen LogP) is 6.55. The van der Waals surface area contributed by atoms with Crippen LogP contribution >= 0.6 is 11.6 Å². The number of nitrogens with zero attached hydrogens (tertiary/aromatic N) is 1. The zero-order valence-electron chi connectivity index (χ0n) is 21.7. The summed E-state index contributed by atoms with van der Waals surface area (Å²) in [6.07, 6.45) is -0.0165. The van der Waals surface area contributed by atoms with E-state index in [4.69, 9.17) is 25.8 Å². The molecule has 7 nitrogen and oxygen atoms in total. The molecule has 0 radical (unpaired) electrons. The second-order valence-electron chi connectivity index (χ2n) is 8.91. The molecule has 1 N–H and O–H groups in total. The predicted molar refractivity (Wildman–Crippen MR) is 147 cm³/mol. The van der Waals surface area contributed by atoms with Crippen molar-refractivity contribution in [2.45, 2.75) is 39.8 Å². The van der Waals surface area contributed by atoms with Gasteiger partial charge in [-0.1, -0.05) is 29.8 Å². The van der Waals surface area contributed by atoms with Crippen LogP contribution in [0.1, 0.15) is 44.9 Å². The van der Waals surface area contributed by atoms with Gasteiger partial charge in [0, 0.05) is 17.3 Å². The third kappa shape index (κ3) is 5.48. The van der Waals surface area contributed by atoms with Crippen molar-refractivity contribution in [3.8, 4) is 17.2 Å². The Hall–Kier alpha value is -3.97. The van der Waals surface area contributed by atoms with Crippen LogP contribution in [0.4, 0.5) is 5.69 Å². The fourth-order valence-corrected chi connectivity index (χ4v) is 4.55. The molecule has 1 heterocycles.